The molecular weight excluding hydrogens is 352 g/mol. The third-order valence-electron chi connectivity index (χ3n) is 5.78. The molecule has 7 nitrogen and oxygen atoms in total. The molecule has 0 amide bonds. The molecule has 28 heavy (non-hydrogen) atoms. The van der Waals surface area contributed by atoms with Crippen LogP contribution in [0.4, 0.5) is 11.5 Å². The Hall–Kier alpha value is -2.82. The van der Waals surface area contributed by atoms with E-state index in [-0.39, 0.29) is 0 Å². The van der Waals surface area contributed by atoms with Gasteiger partial charge in [-0.25, -0.2) is 4.98 Å². The highest BCUT2D eigenvalue weighted by molar-refractivity contribution is 5.90. The van der Waals surface area contributed by atoms with Gasteiger partial charge in [0.15, 0.2) is 5.65 Å². The van der Waals surface area contributed by atoms with Gasteiger partial charge < -0.3 is 19.9 Å². The average Bonchev–Trinajstić information content (AvgIpc) is 3.13. The predicted octanol–water partition coefficient (Wildman–Crippen LogP) is 1.91. The summed E-state index contributed by atoms with van der Waals surface area (Å²) in [6.07, 6.45) is 0. The van der Waals surface area contributed by atoms with Gasteiger partial charge in [-0.3, -0.25) is 4.40 Å². The van der Waals surface area contributed by atoms with E-state index in [1.165, 1.54) is 0 Å². The summed E-state index contributed by atoms with van der Waals surface area (Å²) in [7, 11) is 0. The number of pyridine rings is 1. The van der Waals surface area contributed by atoms with Crippen molar-refractivity contribution >= 4 is 28.2 Å². The van der Waals surface area contributed by atoms with Crippen molar-refractivity contribution in [3.05, 3.63) is 35.4 Å². The second-order valence-corrected chi connectivity index (χ2v) is 7.38. The Morgan fingerprint density at radius 3 is 2.57 bits per heavy atom. The Morgan fingerprint density at radius 2 is 1.82 bits per heavy atom. The van der Waals surface area contributed by atoms with Gasteiger partial charge in [-0.2, -0.15) is 5.26 Å². The van der Waals surface area contributed by atoms with E-state index in [1.807, 2.05) is 18.2 Å². The van der Waals surface area contributed by atoms with E-state index in [2.05, 4.69) is 38.6 Å². The smallest absolute Gasteiger partial charge is 0.159 e. The van der Waals surface area contributed by atoms with Crippen LogP contribution in [0.1, 0.15) is 11.1 Å². The van der Waals surface area contributed by atoms with Crippen molar-refractivity contribution in [2.75, 3.05) is 62.3 Å². The standard InChI is InChI=1S/C21H24N6O/c1-15-19(25-8-6-23-7-9-25)16(14-22)20-24-17-4-2-3-5-18(17)27(20)21(15)26-10-12-28-13-11-26/h2-5,23H,6-13H2,1H3. The van der Waals surface area contributed by atoms with Crippen LogP contribution >= 0.6 is 0 Å². The summed E-state index contributed by atoms with van der Waals surface area (Å²) in [5.74, 6) is 1.14. The number of aromatic nitrogens is 2. The highest BCUT2D eigenvalue weighted by Gasteiger charge is 2.28. The first kappa shape index (κ1) is 17.3. The third-order valence-corrected chi connectivity index (χ3v) is 5.78. The third kappa shape index (κ3) is 2.60. The maximum Gasteiger partial charge on any atom is 0.159 e. The minimum absolute atomic E-state index is 0.674. The van der Waals surface area contributed by atoms with Crippen molar-refractivity contribution in [3.63, 3.8) is 0 Å². The first-order valence-electron chi connectivity index (χ1n) is 9.92. The minimum Gasteiger partial charge on any atom is -0.378 e. The molecule has 0 radical (unpaired) electrons. The number of fused-ring (bicyclic) bond motifs is 3. The number of imidazole rings is 1. The Morgan fingerprint density at radius 1 is 1.07 bits per heavy atom. The predicted molar refractivity (Wildman–Crippen MR) is 110 cm³/mol. The molecule has 3 aromatic rings. The lowest BCUT2D eigenvalue weighted by Crippen LogP contribution is -2.44. The Kier molecular flexibility index (Phi) is 4.30. The second-order valence-electron chi connectivity index (χ2n) is 7.38. The van der Waals surface area contributed by atoms with Gasteiger partial charge in [-0.15, -0.1) is 0 Å². The van der Waals surface area contributed by atoms with Crippen molar-refractivity contribution < 1.29 is 4.74 Å². The normalized spacial score (nSPS) is 18.0. The number of nitrogens with one attached hydrogen (secondary N) is 1. The number of piperazine rings is 1. The average molecular weight is 376 g/mol. The lowest BCUT2D eigenvalue weighted by Gasteiger charge is -2.36. The van der Waals surface area contributed by atoms with Crippen LogP contribution in [-0.4, -0.2) is 61.9 Å². The molecule has 0 aliphatic carbocycles. The van der Waals surface area contributed by atoms with Crippen molar-refractivity contribution in [2.45, 2.75) is 6.92 Å². The maximum atomic E-state index is 10.1. The molecule has 2 aliphatic rings. The van der Waals surface area contributed by atoms with Crippen LogP contribution < -0.4 is 15.1 Å². The number of nitriles is 1. The molecular formula is C21H24N6O. The number of rotatable bonds is 2. The van der Waals surface area contributed by atoms with Crippen LogP contribution in [0.2, 0.25) is 0 Å². The van der Waals surface area contributed by atoms with Crippen LogP contribution in [0.3, 0.4) is 0 Å². The van der Waals surface area contributed by atoms with Crippen molar-refractivity contribution in [1.29, 1.82) is 5.26 Å². The number of ether oxygens (including phenoxy) is 1. The Bertz CT molecular complexity index is 1070. The van der Waals surface area contributed by atoms with Gasteiger partial charge in [0, 0.05) is 44.8 Å². The van der Waals surface area contributed by atoms with E-state index < -0.39 is 0 Å². The molecule has 0 bridgehead atoms. The summed E-state index contributed by atoms with van der Waals surface area (Å²) in [6.45, 7) is 8.93. The van der Waals surface area contributed by atoms with E-state index in [0.29, 0.717) is 5.56 Å². The van der Waals surface area contributed by atoms with E-state index >= 15 is 0 Å². The molecule has 2 aliphatic heterocycles. The van der Waals surface area contributed by atoms with E-state index in [1.54, 1.807) is 0 Å². The molecule has 4 heterocycles. The van der Waals surface area contributed by atoms with Gasteiger partial charge in [0.2, 0.25) is 0 Å². The van der Waals surface area contributed by atoms with Gasteiger partial charge in [0.05, 0.1) is 29.9 Å². The summed E-state index contributed by atoms with van der Waals surface area (Å²) < 4.78 is 7.78. The second kappa shape index (κ2) is 6.97. The summed E-state index contributed by atoms with van der Waals surface area (Å²) in [5.41, 5.74) is 5.58. The Balaban J connectivity index is 1.86. The quantitative estimate of drug-likeness (QED) is 0.737. The molecule has 7 heteroatoms. The zero-order valence-electron chi connectivity index (χ0n) is 16.1. The highest BCUT2D eigenvalue weighted by Crippen LogP contribution is 2.38. The molecule has 2 fully saturated rings. The molecule has 2 aromatic heterocycles. The van der Waals surface area contributed by atoms with E-state index in [0.717, 1.165) is 86.2 Å². The van der Waals surface area contributed by atoms with Gasteiger partial charge >= 0.3 is 0 Å². The van der Waals surface area contributed by atoms with Crippen LogP contribution in [0, 0.1) is 18.3 Å². The molecule has 5 rings (SSSR count). The number of hydrogen-bond donors (Lipinski definition) is 1. The molecule has 144 valence electrons. The van der Waals surface area contributed by atoms with Gasteiger partial charge in [-0.05, 0) is 19.1 Å². The zero-order chi connectivity index (χ0) is 19.1. The maximum absolute atomic E-state index is 10.1. The van der Waals surface area contributed by atoms with Crippen molar-refractivity contribution in [3.8, 4) is 6.07 Å². The molecule has 0 spiro atoms. The number of hydrogen-bond acceptors (Lipinski definition) is 6. The first-order chi connectivity index (χ1) is 13.8. The summed E-state index contributed by atoms with van der Waals surface area (Å²) >= 11 is 0. The van der Waals surface area contributed by atoms with Crippen LogP contribution in [0.15, 0.2) is 24.3 Å². The molecule has 1 aromatic carbocycles. The van der Waals surface area contributed by atoms with Gasteiger partial charge in [-0.1, -0.05) is 12.1 Å². The molecule has 0 atom stereocenters. The van der Waals surface area contributed by atoms with Crippen LogP contribution in [-0.2, 0) is 4.74 Å². The zero-order valence-corrected chi connectivity index (χ0v) is 16.1. The molecule has 0 unspecified atom stereocenters. The SMILES string of the molecule is Cc1c(N2CCNCC2)c(C#N)c2nc3ccccc3n2c1N1CCOCC1. The number of benzene rings is 1. The number of anilines is 2. The number of para-hydroxylation sites is 2. The first-order valence-corrected chi connectivity index (χ1v) is 9.92. The van der Waals surface area contributed by atoms with Gasteiger partial charge in [0.25, 0.3) is 0 Å². The monoisotopic (exact) mass is 376 g/mol. The lowest BCUT2D eigenvalue weighted by atomic mass is 10.1. The minimum atomic E-state index is 0.674. The topological polar surface area (TPSA) is 68.8 Å². The highest BCUT2D eigenvalue weighted by atomic mass is 16.5. The van der Waals surface area contributed by atoms with E-state index in [9.17, 15) is 5.26 Å². The van der Waals surface area contributed by atoms with Crippen molar-refractivity contribution in [1.82, 2.24) is 14.7 Å². The molecule has 0 saturated carbocycles. The van der Waals surface area contributed by atoms with Gasteiger partial charge in [0.1, 0.15) is 17.5 Å². The largest absolute Gasteiger partial charge is 0.378 e. The summed E-state index contributed by atoms with van der Waals surface area (Å²) in [5, 5.41) is 13.5. The fourth-order valence-electron chi connectivity index (χ4n) is 4.52. The number of morpholine rings is 1. The summed E-state index contributed by atoms with van der Waals surface area (Å²) in [6, 6.07) is 10.6. The van der Waals surface area contributed by atoms with Crippen molar-refractivity contribution in [2.24, 2.45) is 0 Å². The number of nitrogens with zero attached hydrogens (tertiary/aromatic N) is 5. The van der Waals surface area contributed by atoms with Crippen LogP contribution in [0.5, 0.6) is 0 Å². The van der Waals surface area contributed by atoms with E-state index in [4.69, 9.17) is 9.72 Å². The lowest BCUT2D eigenvalue weighted by molar-refractivity contribution is 0.122. The summed E-state index contributed by atoms with van der Waals surface area (Å²) in [4.78, 5) is 9.60. The fourth-order valence-corrected chi connectivity index (χ4v) is 4.52. The molecule has 2 saturated heterocycles. The molecule has 1 N–H and O–H groups in total. The fraction of sp³-hybridized carbons (Fsp3) is 0.429. The van der Waals surface area contributed by atoms with Crippen LogP contribution in [0.25, 0.3) is 16.7 Å². The Labute approximate surface area is 164 Å².